The topological polar surface area (TPSA) is 27.7 Å². The van der Waals surface area contributed by atoms with E-state index in [-0.39, 0.29) is 5.92 Å². The number of unbranched alkanes of at least 4 members (excludes halogenated alkanes) is 5. The van der Waals surface area contributed by atoms with Crippen LogP contribution in [-0.4, -0.2) is 27.3 Å². The molecule has 0 bridgehead atoms. The first-order valence-corrected chi connectivity index (χ1v) is 11.5. The van der Waals surface area contributed by atoms with Crippen molar-refractivity contribution in [2.75, 3.05) is 21.3 Å². The molecule has 1 atom stereocenters. The fourth-order valence-corrected chi connectivity index (χ4v) is 4.10. The second-order valence-corrected chi connectivity index (χ2v) is 7.72. The summed E-state index contributed by atoms with van der Waals surface area (Å²) < 4.78 is 18.1. The van der Waals surface area contributed by atoms with Crippen molar-refractivity contribution in [3.63, 3.8) is 0 Å². The molecule has 1 unspecified atom stereocenters. The van der Waals surface area contributed by atoms with Gasteiger partial charge in [0.1, 0.15) is 0 Å². The predicted molar refractivity (Wildman–Crippen MR) is 118 cm³/mol. The van der Waals surface area contributed by atoms with Crippen LogP contribution in [-0.2, 0) is 25.1 Å². The minimum Gasteiger partial charge on any atom is -0.331 e. The smallest absolute Gasteiger partial charge is 0.285 e. The number of aryl methyl sites for hydroxylation is 1. The Hall–Kier alpha value is -0.170. The van der Waals surface area contributed by atoms with Crippen molar-refractivity contribution >= 4 is 22.6 Å². The Kier molecular flexibility index (Phi) is 12.8. The minimum absolute atomic E-state index is 0.219. The van der Waals surface area contributed by atoms with E-state index in [4.69, 9.17) is 14.2 Å². The highest BCUT2D eigenvalue weighted by molar-refractivity contribution is 14.1. The number of methoxy groups -OCH3 is 3. The zero-order valence-corrected chi connectivity index (χ0v) is 19.2. The van der Waals surface area contributed by atoms with Crippen LogP contribution in [0.5, 0.6) is 0 Å². The molecule has 0 N–H and O–H groups in total. The van der Waals surface area contributed by atoms with E-state index in [1.54, 1.807) is 21.3 Å². The lowest BCUT2D eigenvalue weighted by Crippen LogP contribution is -2.44. The molecule has 1 rings (SSSR count). The first-order valence-electron chi connectivity index (χ1n) is 9.95. The highest BCUT2D eigenvalue weighted by Gasteiger charge is 2.39. The first kappa shape index (κ1) is 23.9. The maximum Gasteiger partial charge on any atom is 0.285 e. The Morgan fingerprint density at radius 2 is 1.50 bits per heavy atom. The molecular weight excluding hydrogens is 439 g/mol. The second kappa shape index (κ2) is 13.9. The summed E-state index contributed by atoms with van der Waals surface area (Å²) >= 11 is 2.41. The van der Waals surface area contributed by atoms with Crippen molar-refractivity contribution < 1.29 is 14.2 Å². The van der Waals surface area contributed by atoms with Crippen LogP contribution in [0.2, 0.25) is 0 Å². The average Bonchev–Trinajstić information content (AvgIpc) is 2.69. The maximum atomic E-state index is 5.68. The molecule has 0 aromatic heterocycles. The lowest BCUT2D eigenvalue weighted by atomic mass is 9.91. The number of ether oxygens (including phenoxy) is 3. The van der Waals surface area contributed by atoms with Gasteiger partial charge in [0, 0.05) is 31.7 Å². The number of hydrogen-bond acceptors (Lipinski definition) is 3. The van der Waals surface area contributed by atoms with Gasteiger partial charge in [0.15, 0.2) is 0 Å². The normalized spacial score (nSPS) is 13.1. The minimum atomic E-state index is -0.940. The lowest BCUT2D eigenvalue weighted by molar-refractivity contribution is -0.380. The van der Waals surface area contributed by atoms with Crippen molar-refractivity contribution in [2.24, 2.45) is 5.92 Å². The van der Waals surface area contributed by atoms with E-state index in [1.807, 2.05) is 0 Å². The quantitative estimate of drug-likeness (QED) is 0.125. The van der Waals surface area contributed by atoms with Gasteiger partial charge in [-0.25, -0.2) is 0 Å². The van der Waals surface area contributed by atoms with E-state index in [1.165, 1.54) is 49.7 Å². The molecule has 3 nitrogen and oxygen atoms in total. The largest absolute Gasteiger partial charge is 0.331 e. The molecule has 0 heterocycles. The van der Waals surface area contributed by atoms with Crippen molar-refractivity contribution in [3.8, 4) is 0 Å². The molecule has 150 valence electrons. The van der Waals surface area contributed by atoms with Gasteiger partial charge in [0.05, 0.1) is 0 Å². The number of alkyl halides is 1. The molecule has 1 aromatic carbocycles. The fourth-order valence-electron chi connectivity index (χ4n) is 3.63. The van der Waals surface area contributed by atoms with Crippen LogP contribution in [0.1, 0.15) is 69.4 Å². The molecule has 0 aliphatic rings. The molecular formula is C22H37IO3. The highest BCUT2D eigenvalue weighted by atomic mass is 127. The van der Waals surface area contributed by atoms with Crippen molar-refractivity contribution in [1.82, 2.24) is 0 Å². The van der Waals surface area contributed by atoms with E-state index < -0.39 is 5.97 Å². The van der Waals surface area contributed by atoms with Gasteiger partial charge >= 0.3 is 0 Å². The van der Waals surface area contributed by atoms with Crippen molar-refractivity contribution in [1.29, 1.82) is 0 Å². The Labute approximate surface area is 174 Å². The van der Waals surface area contributed by atoms with Crippen LogP contribution in [0.25, 0.3) is 0 Å². The summed E-state index contributed by atoms with van der Waals surface area (Å²) in [4.78, 5) is 0. The van der Waals surface area contributed by atoms with E-state index >= 15 is 0 Å². The number of benzene rings is 1. The molecule has 0 aliphatic heterocycles. The van der Waals surface area contributed by atoms with E-state index in [9.17, 15) is 0 Å². The van der Waals surface area contributed by atoms with E-state index in [2.05, 4.69) is 53.8 Å². The third kappa shape index (κ3) is 7.83. The Balaban J connectivity index is 2.67. The Morgan fingerprint density at radius 3 is 2.12 bits per heavy atom. The average molecular weight is 476 g/mol. The zero-order chi connectivity index (χ0) is 19.3. The van der Waals surface area contributed by atoms with Gasteiger partial charge in [-0.1, -0.05) is 92.3 Å². The molecule has 26 heavy (non-hydrogen) atoms. The van der Waals surface area contributed by atoms with Crippen LogP contribution >= 0.6 is 22.6 Å². The number of hydrogen-bond donors (Lipinski definition) is 0. The van der Waals surface area contributed by atoms with Gasteiger partial charge in [0.2, 0.25) is 0 Å². The summed E-state index contributed by atoms with van der Waals surface area (Å²) in [5.74, 6) is -0.721. The Bertz CT molecular complexity index is 466. The molecule has 0 aliphatic carbocycles. The zero-order valence-electron chi connectivity index (χ0n) is 17.1. The standard InChI is InChI=1S/C22H37IO3/c1-5-6-7-8-9-10-14-21(22(24-2,25-3)26-4)16-15-19-12-11-13-20(17-19)18-23/h11-13,17,21H,5-10,14-16,18H2,1-4H3. The van der Waals surface area contributed by atoms with Crippen LogP contribution in [0.4, 0.5) is 0 Å². The third-order valence-corrected chi connectivity index (χ3v) is 6.07. The third-order valence-electron chi connectivity index (χ3n) is 5.19. The number of rotatable bonds is 15. The summed E-state index contributed by atoms with van der Waals surface area (Å²) in [5, 5.41) is 0. The molecule has 1 aromatic rings. The van der Waals surface area contributed by atoms with E-state index in [0.29, 0.717) is 0 Å². The SMILES string of the molecule is CCCCCCCCC(CCc1cccc(CI)c1)C(OC)(OC)OC. The monoisotopic (exact) mass is 476 g/mol. The summed E-state index contributed by atoms with van der Waals surface area (Å²) in [7, 11) is 5.04. The molecule has 4 heteroatoms. The van der Waals surface area contributed by atoms with Crippen molar-refractivity contribution in [3.05, 3.63) is 35.4 Å². The van der Waals surface area contributed by atoms with Gasteiger partial charge in [-0.3, -0.25) is 0 Å². The van der Waals surface area contributed by atoms with Crippen LogP contribution in [0.15, 0.2) is 24.3 Å². The van der Waals surface area contributed by atoms with Gasteiger partial charge in [0.25, 0.3) is 5.97 Å². The van der Waals surface area contributed by atoms with Crippen LogP contribution in [0, 0.1) is 5.92 Å². The summed E-state index contributed by atoms with van der Waals surface area (Å²) in [6.07, 6.45) is 10.8. The van der Waals surface area contributed by atoms with Gasteiger partial charge in [-0.05, 0) is 30.4 Å². The van der Waals surface area contributed by atoms with E-state index in [0.717, 1.165) is 23.7 Å². The highest BCUT2D eigenvalue weighted by Crippen LogP contribution is 2.32. The molecule has 0 fully saturated rings. The molecule has 0 amide bonds. The maximum absolute atomic E-state index is 5.68. The van der Waals surface area contributed by atoms with Gasteiger partial charge < -0.3 is 14.2 Å². The van der Waals surface area contributed by atoms with Crippen molar-refractivity contribution in [2.45, 2.75) is 75.1 Å². The Morgan fingerprint density at radius 1 is 0.885 bits per heavy atom. The molecule has 0 radical (unpaired) electrons. The summed E-state index contributed by atoms with van der Waals surface area (Å²) in [6, 6.07) is 8.86. The molecule has 0 spiro atoms. The second-order valence-electron chi connectivity index (χ2n) is 6.96. The first-order chi connectivity index (χ1) is 12.7. The lowest BCUT2D eigenvalue weighted by Gasteiger charge is -2.36. The summed E-state index contributed by atoms with van der Waals surface area (Å²) in [5.41, 5.74) is 2.76. The fraction of sp³-hybridized carbons (Fsp3) is 0.727. The van der Waals surface area contributed by atoms with Gasteiger partial charge in [-0.2, -0.15) is 0 Å². The van der Waals surface area contributed by atoms with Crippen LogP contribution in [0.3, 0.4) is 0 Å². The molecule has 0 saturated carbocycles. The predicted octanol–water partition coefficient (Wildman–Crippen LogP) is 6.51. The number of halogens is 1. The summed E-state index contributed by atoms with van der Waals surface area (Å²) in [6.45, 7) is 2.26. The molecule has 0 saturated heterocycles. The van der Waals surface area contributed by atoms with Gasteiger partial charge in [-0.15, -0.1) is 0 Å². The van der Waals surface area contributed by atoms with Crippen LogP contribution < -0.4 is 0 Å².